The first-order valence-electron chi connectivity index (χ1n) is 5.70. The van der Waals surface area contributed by atoms with Crippen LogP contribution < -0.4 is 10.6 Å². The van der Waals surface area contributed by atoms with Crippen molar-refractivity contribution in [3.05, 3.63) is 11.1 Å². The molecule has 0 aromatic carbocycles. The Morgan fingerprint density at radius 3 is 2.60 bits per heavy atom. The standard InChI is InChI=1S/C11H17N3S/c1-7-6-15-11(13-7)14-9-2-3-10(14)5-8(12)4-9/h6,8-10H,2-5,12H2,1H3. The van der Waals surface area contributed by atoms with Gasteiger partial charge in [-0.05, 0) is 32.6 Å². The molecule has 0 aliphatic carbocycles. The normalized spacial score (nSPS) is 34.8. The highest BCUT2D eigenvalue weighted by Gasteiger charge is 2.40. The fourth-order valence-corrected chi connectivity index (χ4v) is 3.94. The molecule has 2 fully saturated rings. The van der Waals surface area contributed by atoms with Gasteiger partial charge >= 0.3 is 0 Å². The third-order valence-electron chi connectivity index (χ3n) is 3.60. The average molecular weight is 223 g/mol. The van der Waals surface area contributed by atoms with Gasteiger partial charge in [0, 0.05) is 23.5 Å². The summed E-state index contributed by atoms with van der Waals surface area (Å²) < 4.78 is 0. The number of hydrogen-bond donors (Lipinski definition) is 1. The molecule has 82 valence electrons. The molecule has 0 radical (unpaired) electrons. The lowest BCUT2D eigenvalue weighted by atomic mass is 9.99. The molecule has 2 N–H and O–H groups in total. The van der Waals surface area contributed by atoms with Gasteiger partial charge in [0.25, 0.3) is 0 Å². The van der Waals surface area contributed by atoms with Gasteiger partial charge in [-0.3, -0.25) is 0 Å². The van der Waals surface area contributed by atoms with Gasteiger partial charge in [-0.25, -0.2) is 4.98 Å². The summed E-state index contributed by atoms with van der Waals surface area (Å²) in [6, 6.07) is 1.73. The van der Waals surface area contributed by atoms with Crippen molar-refractivity contribution >= 4 is 16.5 Å². The highest BCUT2D eigenvalue weighted by molar-refractivity contribution is 7.13. The number of anilines is 1. The van der Waals surface area contributed by atoms with E-state index >= 15 is 0 Å². The minimum atomic E-state index is 0.416. The number of aryl methyl sites for hydroxylation is 1. The van der Waals surface area contributed by atoms with E-state index < -0.39 is 0 Å². The van der Waals surface area contributed by atoms with E-state index in [0.717, 1.165) is 18.5 Å². The van der Waals surface area contributed by atoms with Gasteiger partial charge in [0.15, 0.2) is 5.13 Å². The minimum absolute atomic E-state index is 0.416. The first kappa shape index (κ1) is 9.60. The van der Waals surface area contributed by atoms with Gasteiger partial charge in [-0.1, -0.05) is 0 Å². The lowest BCUT2D eigenvalue weighted by molar-refractivity contribution is 0.414. The van der Waals surface area contributed by atoms with Crippen LogP contribution in [-0.2, 0) is 0 Å². The van der Waals surface area contributed by atoms with Gasteiger partial charge in [0.2, 0.25) is 0 Å². The summed E-state index contributed by atoms with van der Waals surface area (Å²) in [5.41, 5.74) is 7.20. The number of hydrogen-bond acceptors (Lipinski definition) is 4. The summed E-state index contributed by atoms with van der Waals surface area (Å²) in [5.74, 6) is 0. The van der Waals surface area contributed by atoms with Crippen LogP contribution in [0.1, 0.15) is 31.4 Å². The monoisotopic (exact) mass is 223 g/mol. The highest BCUT2D eigenvalue weighted by atomic mass is 32.1. The average Bonchev–Trinajstić information content (AvgIpc) is 2.69. The van der Waals surface area contributed by atoms with E-state index in [9.17, 15) is 0 Å². The van der Waals surface area contributed by atoms with Crippen molar-refractivity contribution in [3.63, 3.8) is 0 Å². The van der Waals surface area contributed by atoms with Crippen LogP contribution in [0.25, 0.3) is 0 Å². The summed E-state index contributed by atoms with van der Waals surface area (Å²) in [6.07, 6.45) is 4.90. The first-order chi connectivity index (χ1) is 7.24. The molecule has 2 atom stereocenters. The Morgan fingerprint density at radius 1 is 1.40 bits per heavy atom. The number of piperidine rings is 1. The van der Waals surface area contributed by atoms with E-state index in [2.05, 4.69) is 22.2 Å². The summed E-state index contributed by atoms with van der Waals surface area (Å²) in [6.45, 7) is 2.07. The first-order valence-corrected chi connectivity index (χ1v) is 6.58. The molecule has 4 heteroatoms. The number of thiazole rings is 1. The minimum Gasteiger partial charge on any atom is -0.342 e. The van der Waals surface area contributed by atoms with Crippen LogP contribution in [-0.4, -0.2) is 23.1 Å². The Hall–Kier alpha value is -0.610. The van der Waals surface area contributed by atoms with Crippen molar-refractivity contribution in [1.82, 2.24) is 4.98 Å². The lowest BCUT2D eigenvalue weighted by Gasteiger charge is -2.37. The fraction of sp³-hybridized carbons (Fsp3) is 0.727. The second-order valence-corrected chi connectivity index (χ2v) is 5.63. The highest BCUT2D eigenvalue weighted by Crippen LogP contribution is 2.39. The largest absolute Gasteiger partial charge is 0.342 e. The molecule has 1 aromatic heterocycles. The molecule has 0 spiro atoms. The molecule has 2 bridgehead atoms. The molecule has 2 saturated heterocycles. The molecule has 1 aromatic rings. The van der Waals surface area contributed by atoms with E-state index in [-0.39, 0.29) is 0 Å². The second-order valence-electron chi connectivity index (χ2n) is 4.80. The smallest absolute Gasteiger partial charge is 0.185 e. The van der Waals surface area contributed by atoms with Gasteiger partial charge in [-0.15, -0.1) is 11.3 Å². The predicted octanol–water partition coefficient (Wildman–Crippen LogP) is 1.91. The summed E-state index contributed by atoms with van der Waals surface area (Å²) in [4.78, 5) is 7.13. The summed E-state index contributed by atoms with van der Waals surface area (Å²) >= 11 is 1.78. The van der Waals surface area contributed by atoms with Crippen molar-refractivity contribution in [1.29, 1.82) is 0 Å². The third-order valence-corrected chi connectivity index (χ3v) is 4.57. The van der Waals surface area contributed by atoms with Crippen molar-refractivity contribution in [2.45, 2.75) is 50.7 Å². The maximum atomic E-state index is 6.06. The fourth-order valence-electron chi connectivity index (χ4n) is 2.99. The Kier molecular flexibility index (Phi) is 2.21. The molecule has 3 heterocycles. The molecule has 0 saturated carbocycles. The van der Waals surface area contributed by atoms with Crippen molar-refractivity contribution < 1.29 is 0 Å². The zero-order valence-electron chi connectivity index (χ0n) is 9.02. The van der Waals surface area contributed by atoms with Gasteiger partial charge in [0.1, 0.15) is 0 Å². The van der Waals surface area contributed by atoms with Gasteiger partial charge in [-0.2, -0.15) is 0 Å². The van der Waals surface area contributed by atoms with Gasteiger partial charge < -0.3 is 10.6 Å². The third kappa shape index (κ3) is 1.56. The van der Waals surface area contributed by atoms with E-state index in [4.69, 9.17) is 5.73 Å². The Balaban J connectivity index is 1.88. The zero-order valence-corrected chi connectivity index (χ0v) is 9.83. The quantitative estimate of drug-likeness (QED) is 0.791. The zero-order chi connectivity index (χ0) is 10.4. The molecule has 3 nitrogen and oxygen atoms in total. The van der Waals surface area contributed by atoms with E-state index in [1.54, 1.807) is 11.3 Å². The van der Waals surface area contributed by atoms with Gasteiger partial charge in [0.05, 0.1) is 5.69 Å². The Morgan fingerprint density at radius 2 is 2.07 bits per heavy atom. The predicted molar refractivity (Wildman–Crippen MR) is 63.3 cm³/mol. The van der Waals surface area contributed by atoms with Crippen LogP contribution >= 0.6 is 11.3 Å². The van der Waals surface area contributed by atoms with Crippen LogP contribution in [0.5, 0.6) is 0 Å². The second kappa shape index (κ2) is 3.46. The van der Waals surface area contributed by atoms with Crippen LogP contribution in [0, 0.1) is 6.92 Å². The lowest BCUT2D eigenvalue weighted by Crippen LogP contribution is -2.47. The maximum absolute atomic E-state index is 6.06. The van der Waals surface area contributed by atoms with E-state index in [0.29, 0.717) is 18.1 Å². The molecular formula is C11H17N3S. The van der Waals surface area contributed by atoms with E-state index in [1.165, 1.54) is 18.0 Å². The molecule has 0 amide bonds. The summed E-state index contributed by atoms with van der Waals surface area (Å²) in [7, 11) is 0. The number of rotatable bonds is 1. The van der Waals surface area contributed by atoms with E-state index in [1.807, 2.05) is 0 Å². The number of nitrogens with zero attached hydrogens (tertiary/aromatic N) is 2. The van der Waals surface area contributed by atoms with Crippen LogP contribution in [0.4, 0.5) is 5.13 Å². The SMILES string of the molecule is Cc1csc(N2C3CCC2CC(N)C3)n1. The molecule has 3 rings (SSSR count). The molecule has 2 aliphatic heterocycles. The Labute approximate surface area is 94.3 Å². The molecule has 15 heavy (non-hydrogen) atoms. The summed E-state index contributed by atoms with van der Waals surface area (Å²) in [5, 5.41) is 3.36. The number of nitrogens with two attached hydrogens (primary N) is 1. The number of aromatic nitrogens is 1. The van der Waals surface area contributed by atoms with Crippen LogP contribution in [0.15, 0.2) is 5.38 Å². The van der Waals surface area contributed by atoms with Crippen molar-refractivity contribution in [2.24, 2.45) is 5.73 Å². The molecular weight excluding hydrogens is 206 g/mol. The van der Waals surface area contributed by atoms with Crippen molar-refractivity contribution in [3.8, 4) is 0 Å². The molecule has 2 unspecified atom stereocenters. The Bertz CT molecular complexity index is 348. The topological polar surface area (TPSA) is 42.1 Å². The number of fused-ring (bicyclic) bond motifs is 2. The van der Waals surface area contributed by atoms with Crippen LogP contribution in [0.2, 0.25) is 0 Å². The maximum Gasteiger partial charge on any atom is 0.185 e. The van der Waals surface area contributed by atoms with Crippen molar-refractivity contribution in [2.75, 3.05) is 4.90 Å². The van der Waals surface area contributed by atoms with Crippen LogP contribution in [0.3, 0.4) is 0 Å². The molecule has 2 aliphatic rings.